The Labute approximate surface area is 199 Å². The van der Waals surface area contributed by atoms with Crippen molar-refractivity contribution in [3.8, 4) is 5.69 Å². The van der Waals surface area contributed by atoms with Crippen LogP contribution in [-0.4, -0.2) is 50.9 Å². The van der Waals surface area contributed by atoms with Crippen molar-refractivity contribution in [2.45, 2.75) is 24.4 Å². The molecular formula is C23H20FN5O5S. The van der Waals surface area contributed by atoms with E-state index in [0.717, 1.165) is 0 Å². The quantitative estimate of drug-likeness (QED) is 0.378. The van der Waals surface area contributed by atoms with Gasteiger partial charge in [-0.3, -0.25) is 14.6 Å². The van der Waals surface area contributed by atoms with Crippen molar-refractivity contribution in [3.63, 3.8) is 0 Å². The lowest BCUT2D eigenvalue weighted by Gasteiger charge is -2.15. The van der Waals surface area contributed by atoms with E-state index >= 15 is 0 Å². The summed E-state index contributed by atoms with van der Waals surface area (Å²) in [5.41, 5.74) is 1.88. The van der Waals surface area contributed by atoms with Crippen molar-refractivity contribution in [2.24, 2.45) is 0 Å². The van der Waals surface area contributed by atoms with Gasteiger partial charge in [0.1, 0.15) is 5.82 Å². The van der Waals surface area contributed by atoms with Gasteiger partial charge in [0.2, 0.25) is 0 Å². The summed E-state index contributed by atoms with van der Waals surface area (Å²) in [6.45, 7) is 1.68. The number of hydrogen-bond acceptors (Lipinski definition) is 7. The molecule has 180 valence electrons. The number of aromatic nitrogens is 4. The molecule has 2 N–H and O–H groups in total. The van der Waals surface area contributed by atoms with Crippen LogP contribution in [-0.2, 0) is 14.6 Å². The molecule has 3 aromatic heterocycles. The molecule has 3 heterocycles. The van der Waals surface area contributed by atoms with Crippen molar-refractivity contribution in [1.29, 1.82) is 0 Å². The average molecular weight is 498 g/mol. The van der Waals surface area contributed by atoms with Crippen LogP contribution in [0.2, 0.25) is 0 Å². The maximum atomic E-state index is 13.3. The summed E-state index contributed by atoms with van der Waals surface area (Å²) in [4.78, 5) is 31.8. The van der Waals surface area contributed by atoms with Crippen molar-refractivity contribution in [3.05, 3.63) is 78.1 Å². The van der Waals surface area contributed by atoms with Gasteiger partial charge in [0.05, 0.1) is 47.4 Å². The Kier molecular flexibility index (Phi) is 6.56. The molecule has 0 radical (unpaired) electrons. The molecule has 0 aliphatic carbocycles. The predicted octanol–water partition coefficient (Wildman–Crippen LogP) is 2.69. The maximum absolute atomic E-state index is 13.3. The number of carboxylic acid groups (broad SMARTS) is 1. The van der Waals surface area contributed by atoms with Crippen LogP contribution < -0.4 is 5.32 Å². The standard InChI is InChI=1S/C23H20FN5O5S/c1-14(15-6-8-26-21(10-15)35(33,34)9-7-22(30)31)28-23(32)19-11-25-13-20-18(19)12-27-29(20)17-4-2-16(24)3-5-17/h2-6,8,10-14H,7,9H2,1H3,(H,28,32)(H,30,31)/t14-/m0/s1. The zero-order valence-corrected chi connectivity index (χ0v) is 19.2. The van der Waals surface area contributed by atoms with Crippen LogP contribution in [0.25, 0.3) is 16.6 Å². The summed E-state index contributed by atoms with van der Waals surface area (Å²) in [5, 5.41) is 16.1. The number of benzene rings is 1. The zero-order chi connectivity index (χ0) is 25.2. The fourth-order valence-corrected chi connectivity index (χ4v) is 4.65. The molecular weight excluding hydrogens is 477 g/mol. The van der Waals surface area contributed by atoms with E-state index in [1.165, 1.54) is 36.8 Å². The molecule has 0 unspecified atom stereocenters. The molecule has 0 aliphatic heterocycles. The molecule has 35 heavy (non-hydrogen) atoms. The van der Waals surface area contributed by atoms with E-state index in [4.69, 9.17) is 5.11 Å². The van der Waals surface area contributed by atoms with Crippen LogP contribution >= 0.6 is 0 Å². The second-order valence-corrected chi connectivity index (χ2v) is 9.79. The van der Waals surface area contributed by atoms with Crippen LogP contribution in [0, 0.1) is 5.82 Å². The van der Waals surface area contributed by atoms with Gasteiger partial charge in [0.25, 0.3) is 5.91 Å². The number of hydrogen-bond donors (Lipinski definition) is 2. The number of carbonyl (C=O) groups is 2. The van der Waals surface area contributed by atoms with Gasteiger partial charge < -0.3 is 10.4 Å². The maximum Gasteiger partial charge on any atom is 0.304 e. The van der Waals surface area contributed by atoms with Crippen molar-refractivity contribution in [1.82, 2.24) is 25.1 Å². The largest absolute Gasteiger partial charge is 0.481 e. The fraction of sp³-hybridized carbons (Fsp3) is 0.174. The van der Waals surface area contributed by atoms with Crippen LogP contribution in [0.4, 0.5) is 4.39 Å². The first kappa shape index (κ1) is 24.0. The summed E-state index contributed by atoms with van der Waals surface area (Å²) in [6.07, 6.45) is 5.21. The third kappa shape index (κ3) is 5.17. The van der Waals surface area contributed by atoms with Gasteiger partial charge in [0, 0.05) is 17.8 Å². The van der Waals surface area contributed by atoms with Gasteiger partial charge >= 0.3 is 5.97 Å². The molecule has 1 aromatic carbocycles. The summed E-state index contributed by atoms with van der Waals surface area (Å²) in [5.74, 6) is -2.64. The van der Waals surface area contributed by atoms with E-state index in [2.05, 4.69) is 20.4 Å². The summed E-state index contributed by atoms with van der Waals surface area (Å²) < 4.78 is 39.6. The summed E-state index contributed by atoms with van der Waals surface area (Å²) in [6, 6.07) is 8.00. The highest BCUT2D eigenvalue weighted by atomic mass is 32.2. The number of nitrogens with zero attached hydrogens (tertiary/aromatic N) is 4. The molecule has 0 saturated heterocycles. The Bertz CT molecular complexity index is 1520. The van der Waals surface area contributed by atoms with E-state index in [0.29, 0.717) is 22.2 Å². The Morgan fingerprint density at radius 3 is 2.60 bits per heavy atom. The number of nitrogens with one attached hydrogen (secondary N) is 1. The average Bonchev–Trinajstić information content (AvgIpc) is 3.27. The SMILES string of the molecule is C[C@H](NC(=O)c1cncc2c1cnn2-c1ccc(F)cc1)c1ccnc(S(=O)(=O)CCC(=O)O)c1. The second-order valence-electron chi connectivity index (χ2n) is 7.74. The highest BCUT2D eigenvalue weighted by Crippen LogP contribution is 2.23. The molecule has 1 amide bonds. The molecule has 0 aliphatic rings. The van der Waals surface area contributed by atoms with Gasteiger partial charge in [-0.05, 0) is 48.9 Å². The number of fused-ring (bicyclic) bond motifs is 1. The van der Waals surface area contributed by atoms with Crippen molar-refractivity contribution >= 4 is 32.6 Å². The Hall–Kier alpha value is -4.19. The number of pyridine rings is 2. The lowest BCUT2D eigenvalue weighted by molar-refractivity contribution is -0.136. The minimum absolute atomic E-state index is 0.256. The lowest BCUT2D eigenvalue weighted by Crippen LogP contribution is -2.27. The Morgan fingerprint density at radius 2 is 1.89 bits per heavy atom. The molecule has 1 atom stereocenters. The minimum atomic E-state index is -3.90. The number of aliphatic carboxylic acids is 1. The second kappa shape index (κ2) is 9.58. The first-order chi connectivity index (χ1) is 16.7. The summed E-state index contributed by atoms with van der Waals surface area (Å²) in [7, 11) is -3.90. The topological polar surface area (TPSA) is 144 Å². The van der Waals surface area contributed by atoms with E-state index in [1.807, 2.05) is 0 Å². The van der Waals surface area contributed by atoms with Crippen LogP contribution in [0.3, 0.4) is 0 Å². The van der Waals surface area contributed by atoms with E-state index in [1.54, 1.807) is 36.0 Å². The van der Waals surface area contributed by atoms with Crippen LogP contribution in [0.5, 0.6) is 0 Å². The van der Waals surface area contributed by atoms with Gasteiger partial charge in [-0.1, -0.05) is 0 Å². The number of carbonyl (C=O) groups excluding carboxylic acids is 1. The molecule has 4 aromatic rings. The normalized spacial score (nSPS) is 12.4. The van der Waals surface area contributed by atoms with Gasteiger partial charge in [-0.25, -0.2) is 22.5 Å². The first-order valence-corrected chi connectivity index (χ1v) is 12.1. The Balaban J connectivity index is 1.57. The van der Waals surface area contributed by atoms with E-state index in [-0.39, 0.29) is 16.4 Å². The fourth-order valence-electron chi connectivity index (χ4n) is 3.46. The van der Waals surface area contributed by atoms with E-state index < -0.39 is 39.9 Å². The highest BCUT2D eigenvalue weighted by Gasteiger charge is 2.21. The van der Waals surface area contributed by atoms with Crippen LogP contribution in [0.15, 0.2) is 66.2 Å². The van der Waals surface area contributed by atoms with Crippen molar-refractivity contribution < 1.29 is 27.5 Å². The van der Waals surface area contributed by atoms with Crippen LogP contribution in [0.1, 0.15) is 35.3 Å². The third-order valence-electron chi connectivity index (χ3n) is 5.32. The van der Waals surface area contributed by atoms with Gasteiger partial charge in [0.15, 0.2) is 14.9 Å². The molecule has 10 nitrogen and oxygen atoms in total. The number of carboxylic acids is 1. The highest BCUT2D eigenvalue weighted by molar-refractivity contribution is 7.91. The van der Waals surface area contributed by atoms with Gasteiger partial charge in [-0.2, -0.15) is 5.10 Å². The summed E-state index contributed by atoms with van der Waals surface area (Å²) >= 11 is 0. The number of amides is 1. The van der Waals surface area contributed by atoms with E-state index in [9.17, 15) is 22.4 Å². The minimum Gasteiger partial charge on any atom is -0.481 e. The molecule has 4 rings (SSSR count). The van der Waals surface area contributed by atoms with Gasteiger partial charge in [-0.15, -0.1) is 0 Å². The molecule has 12 heteroatoms. The number of halogens is 1. The number of sulfone groups is 1. The molecule has 0 fully saturated rings. The smallest absolute Gasteiger partial charge is 0.304 e. The number of rotatable bonds is 8. The third-order valence-corrected chi connectivity index (χ3v) is 6.92. The van der Waals surface area contributed by atoms with Crippen molar-refractivity contribution in [2.75, 3.05) is 5.75 Å². The molecule has 0 bridgehead atoms. The first-order valence-electron chi connectivity index (χ1n) is 10.4. The lowest BCUT2D eigenvalue weighted by atomic mass is 10.1. The molecule has 0 saturated carbocycles. The molecule has 0 spiro atoms. The monoisotopic (exact) mass is 497 g/mol. The Morgan fingerprint density at radius 1 is 1.14 bits per heavy atom. The predicted molar refractivity (Wildman–Crippen MR) is 123 cm³/mol. The zero-order valence-electron chi connectivity index (χ0n) is 18.4.